The largest absolute Gasteiger partial charge is 0.346 e. The minimum absolute atomic E-state index is 0.151. The summed E-state index contributed by atoms with van der Waals surface area (Å²) in [6, 6.07) is 9.06. The highest BCUT2D eigenvalue weighted by Crippen LogP contribution is 2.00. The Labute approximate surface area is 117 Å². The fourth-order valence-electron chi connectivity index (χ4n) is 1.28. The van der Waals surface area contributed by atoms with E-state index in [2.05, 4.69) is 10.7 Å². The Morgan fingerprint density at radius 3 is 2.25 bits per heavy atom. The number of hydrogen-bond donors (Lipinski definition) is 3. The highest BCUT2D eigenvalue weighted by atomic mass is 16.2. The van der Waals surface area contributed by atoms with Gasteiger partial charge in [0.15, 0.2) is 0 Å². The molecular formula is C14H17N3O3. The highest BCUT2D eigenvalue weighted by molar-refractivity contribution is 6.35. The fraction of sp³-hybridized carbons (Fsp3) is 0.214. The monoisotopic (exact) mass is 275 g/mol. The number of nitrogens with one attached hydrogen (secondary N) is 3. The van der Waals surface area contributed by atoms with Gasteiger partial charge in [0.05, 0.1) is 0 Å². The topological polar surface area (TPSA) is 87.3 Å². The van der Waals surface area contributed by atoms with Crippen LogP contribution in [0.15, 0.2) is 36.4 Å². The Bertz CT molecular complexity index is 510. The van der Waals surface area contributed by atoms with E-state index in [1.54, 1.807) is 19.9 Å². The summed E-state index contributed by atoms with van der Waals surface area (Å²) in [5.74, 6) is -2.24. The molecule has 1 rings (SSSR count). The minimum Gasteiger partial charge on any atom is -0.346 e. The van der Waals surface area contributed by atoms with E-state index in [4.69, 9.17) is 0 Å². The molecule has 0 spiro atoms. The van der Waals surface area contributed by atoms with E-state index in [1.165, 1.54) is 6.08 Å². The smallest absolute Gasteiger partial charge is 0.327 e. The molecule has 106 valence electrons. The molecule has 0 aromatic heterocycles. The van der Waals surface area contributed by atoms with Gasteiger partial charge in [0.25, 0.3) is 5.91 Å². The molecule has 6 heteroatoms. The third-order valence-corrected chi connectivity index (χ3v) is 2.15. The van der Waals surface area contributed by atoms with Gasteiger partial charge in [0.1, 0.15) is 0 Å². The zero-order valence-electron chi connectivity index (χ0n) is 11.3. The molecule has 6 nitrogen and oxygen atoms in total. The van der Waals surface area contributed by atoms with E-state index < -0.39 is 17.7 Å². The van der Waals surface area contributed by atoms with Crippen molar-refractivity contribution in [2.75, 3.05) is 0 Å². The Balaban J connectivity index is 2.38. The summed E-state index contributed by atoms with van der Waals surface area (Å²) in [6.45, 7) is 3.46. The number of carbonyl (C=O) groups is 3. The summed E-state index contributed by atoms with van der Waals surface area (Å²) in [4.78, 5) is 34.0. The lowest BCUT2D eigenvalue weighted by atomic mass is 10.2. The predicted molar refractivity (Wildman–Crippen MR) is 75.0 cm³/mol. The van der Waals surface area contributed by atoms with Crippen molar-refractivity contribution in [1.82, 2.24) is 16.2 Å². The molecule has 0 fully saturated rings. The zero-order chi connectivity index (χ0) is 15.0. The van der Waals surface area contributed by atoms with Crippen LogP contribution in [0.3, 0.4) is 0 Å². The molecule has 0 saturated heterocycles. The van der Waals surface area contributed by atoms with Gasteiger partial charge < -0.3 is 5.32 Å². The lowest BCUT2D eigenvalue weighted by Gasteiger charge is -2.08. The van der Waals surface area contributed by atoms with Crippen LogP contribution in [0.5, 0.6) is 0 Å². The Morgan fingerprint density at radius 2 is 1.65 bits per heavy atom. The van der Waals surface area contributed by atoms with Gasteiger partial charge in [-0.1, -0.05) is 30.3 Å². The van der Waals surface area contributed by atoms with Gasteiger partial charge in [0, 0.05) is 12.1 Å². The molecule has 0 aliphatic rings. The van der Waals surface area contributed by atoms with Crippen LogP contribution in [0.4, 0.5) is 0 Å². The van der Waals surface area contributed by atoms with Gasteiger partial charge in [-0.25, -0.2) is 0 Å². The lowest BCUT2D eigenvalue weighted by molar-refractivity contribution is -0.140. The minimum atomic E-state index is -0.917. The molecule has 1 aromatic carbocycles. The van der Waals surface area contributed by atoms with Gasteiger partial charge in [-0.3, -0.25) is 25.2 Å². The first-order valence-corrected chi connectivity index (χ1v) is 6.13. The van der Waals surface area contributed by atoms with Crippen LogP contribution in [0.2, 0.25) is 0 Å². The van der Waals surface area contributed by atoms with Gasteiger partial charge >= 0.3 is 11.8 Å². The summed E-state index contributed by atoms with van der Waals surface area (Å²) in [5.41, 5.74) is 5.00. The van der Waals surface area contributed by atoms with Crippen LogP contribution < -0.4 is 16.2 Å². The predicted octanol–water partition coefficient (Wildman–Crippen LogP) is 0.372. The first-order chi connectivity index (χ1) is 9.49. The number of hydrogen-bond acceptors (Lipinski definition) is 3. The van der Waals surface area contributed by atoms with Crippen LogP contribution >= 0.6 is 0 Å². The third-order valence-electron chi connectivity index (χ3n) is 2.15. The number of hydrazine groups is 1. The first-order valence-electron chi connectivity index (χ1n) is 6.13. The van der Waals surface area contributed by atoms with Crippen LogP contribution in [-0.4, -0.2) is 23.8 Å². The summed E-state index contributed by atoms with van der Waals surface area (Å²) in [6.07, 6.45) is 2.85. The van der Waals surface area contributed by atoms with Gasteiger partial charge in [-0.15, -0.1) is 0 Å². The van der Waals surface area contributed by atoms with Crippen molar-refractivity contribution in [3.63, 3.8) is 0 Å². The fourth-order valence-corrected chi connectivity index (χ4v) is 1.28. The third kappa shape index (κ3) is 5.81. The average molecular weight is 275 g/mol. The molecule has 0 heterocycles. The van der Waals surface area contributed by atoms with Crippen LogP contribution in [-0.2, 0) is 14.4 Å². The van der Waals surface area contributed by atoms with Crippen LogP contribution in [0.1, 0.15) is 19.4 Å². The van der Waals surface area contributed by atoms with Crippen LogP contribution in [0.25, 0.3) is 6.08 Å². The zero-order valence-corrected chi connectivity index (χ0v) is 11.3. The van der Waals surface area contributed by atoms with Crippen molar-refractivity contribution in [2.45, 2.75) is 19.9 Å². The van der Waals surface area contributed by atoms with E-state index >= 15 is 0 Å². The van der Waals surface area contributed by atoms with Crippen molar-refractivity contribution < 1.29 is 14.4 Å². The quantitative estimate of drug-likeness (QED) is 0.423. The molecule has 3 amide bonds. The van der Waals surface area contributed by atoms with Crippen molar-refractivity contribution in [3.8, 4) is 0 Å². The van der Waals surface area contributed by atoms with Gasteiger partial charge in [-0.2, -0.15) is 0 Å². The van der Waals surface area contributed by atoms with Crippen molar-refractivity contribution in [2.24, 2.45) is 0 Å². The second kappa shape index (κ2) is 7.73. The number of carbonyl (C=O) groups excluding carboxylic acids is 3. The second-order valence-electron chi connectivity index (χ2n) is 4.32. The first kappa shape index (κ1) is 15.4. The summed E-state index contributed by atoms with van der Waals surface area (Å²) >= 11 is 0. The summed E-state index contributed by atoms with van der Waals surface area (Å²) < 4.78 is 0. The van der Waals surface area contributed by atoms with Crippen molar-refractivity contribution in [3.05, 3.63) is 42.0 Å². The van der Waals surface area contributed by atoms with Crippen molar-refractivity contribution >= 4 is 23.8 Å². The summed E-state index contributed by atoms with van der Waals surface area (Å²) in [5, 5.41) is 2.40. The molecule has 0 aliphatic carbocycles. The Morgan fingerprint density at radius 1 is 1.00 bits per heavy atom. The van der Waals surface area contributed by atoms with Crippen molar-refractivity contribution in [1.29, 1.82) is 0 Å². The van der Waals surface area contributed by atoms with E-state index in [0.717, 1.165) is 5.56 Å². The maximum atomic E-state index is 11.4. The molecule has 0 bridgehead atoms. The molecule has 3 N–H and O–H groups in total. The van der Waals surface area contributed by atoms with E-state index in [-0.39, 0.29) is 6.04 Å². The number of amides is 3. The summed E-state index contributed by atoms with van der Waals surface area (Å²) in [7, 11) is 0. The second-order valence-corrected chi connectivity index (χ2v) is 4.32. The van der Waals surface area contributed by atoms with E-state index in [1.807, 2.05) is 35.8 Å². The van der Waals surface area contributed by atoms with E-state index in [0.29, 0.717) is 0 Å². The number of benzene rings is 1. The molecule has 0 atom stereocenters. The molecular weight excluding hydrogens is 258 g/mol. The molecule has 0 aliphatic heterocycles. The standard InChI is InChI=1S/C14H17N3O3/c1-10(2)15-13(19)14(20)17-16-12(18)9-8-11-6-4-3-5-7-11/h3-10H,1-2H3,(H,15,19)(H,16,18)(H,17,20). The molecule has 0 radical (unpaired) electrons. The average Bonchev–Trinajstić information content (AvgIpc) is 2.42. The Kier molecular flexibility index (Phi) is 5.96. The highest BCUT2D eigenvalue weighted by Gasteiger charge is 2.14. The maximum Gasteiger partial charge on any atom is 0.327 e. The number of rotatable bonds is 3. The van der Waals surface area contributed by atoms with Gasteiger partial charge in [0.2, 0.25) is 0 Å². The molecule has 20 heavy (non-hydrogen) atoms. The maximum absolute atomic E-state index is 11.4. The van der Waals surface area contributed by atoms with E-state index in [9.17, 15) is 14.4 Å². The normalized spacial score (nSPS) is 10.3. The van der Waals surface area contributed by atoms with Gasteiger partial charge in [-0.05, 0) is 25.5 Å². The lowest BCUT2D eigenvalue weighted by Crippen LogP contribution is -2.49. The molecule has 0 unspecified atom stereocenters. The molecule has 1 aromatic rings. The van der Waals surface area contributed by atoms with Crippen LogP contribution in [0, 0.1) is 0 Å². The SMILES string of the molecule is CC(C)NC(=O)C(=O)NNC(=O)C=Cc1ccccc1. The molecule has 0 saturated carbocycles. The Hall–Kier alpha value is -2.63.